The molecule has 1 rings (SSSR count). The van der Waals surface area contributed by atoms with Crippen molar-refractivity contribution in [1.29, 1.82) is 0 Å². The quantitative estimate of drug-likeness (QED) is 0.567. The highest BCUT2D eigenvalue weighted by atomic mass is 16.1. The van der Waals surface area contributed by atoms with E-state index >= 15 is 0 Å². The highest BCUT2D eigenvalue weighted by molar-refractivity contribution is 5.96. The zero-order chi connectivity index (χ0) is 13.2. The van der Waals surface area contributed by atoms with E-state index in [2.05, 4.69) is 12.2 Å². The van der Waals surface area contributed by atoms with Crippen LogP contribution in [0.25, 0.3) is 0 Å². The van der Waals surface area contributed by atoms with Crippen LogP contribution in [0.4, 0.5) is 0 Å². The molecule has 3 heteroatoms. The summed E-state index contributed by atoms with van der Waals surface area (Å²) < 4.78 is 0. The number of carbonyl (C=O) groups is 2. The van der Waals surface area contributed by atoms with Crippen molar-refractivity contribution in [3.63, 3.8) is 0 Å². The highest BCUT2D eigenvalue weighted by Gasteiger charge is 2.06. The molecule has 0 atom stereocenters. The smallest absolute Gasteiger partial charge is 0.220 e. The van der Waals surface area contributed by atoms with Crippen LogP contribution in [0.2, 0.25) is 0 Å². The summed E-state index contributed by atoms with van der Waals surface area (Å²) in [6.07, 6.45) is 4.04. The number of amides is 1. The molecule has 1 N–H and O–H groups in total. The van der Waals surface area contributed by atoms with E-state index in [0.29, 0.717) is 24.9 Å². The molecule has 1 aromatic carbocycles. The van der Waals surface area contributed by atoms with Gasteiger partial charge in [0.15, 0.2) is 5.78 Å². The molecular weight excluding hydrogens is 226 g/mol. The summed E-state index contributed by atoms with van der Waals surface area (Å²) in [5.41, 5.74) is 0.706. The lowest BCUT2D eigenvalue weighted by Crippen LogP contribution is -2.25. The third kappa shape index (κ3) is 5.62. The Bertz CT molecular complexity index is 373. The molecule has 0 heterocycles. The SMILES string of the molecule is CCCCCC(=O)NCCC(=O)c1ccccc1. The molecule has 18 heavy (non-hydrogen) atoms. The molecule has 0 saturated carbocycles. The van der Waals surface area contributed by atoms with Gasteiger partial charge in [0.2, 0.25) is 5.91 Å². The second-order valence-electron chi connectivity index (χ2n) is 4.35. The standard InChI is InChI=1S/C15H21NO2/c1-2-3-5-10-15(18)16-12-11-14(17)13-8-6-4-7-9-13/h4,6-9H,2-3,5,10-12H2,1H3,(H,16,18). The molecule has 3 nitrogen and oxygen atoms in total. The summed E-state index contributed by atoms with van der Waals surface area (Å²) in [7, 11) is 0. The Kier molecular flexibility index (Phi) is 6.77. The van der Waals surface area contributed by atoms with Crippen LogP contribution >= 0.6 is 0 Å². The third-order valence-corrected chi connectivity index (χ3v) is 2.78. The number of hydrogen-bond donors (Lipinski definition) is 1. The number of benzene rings is 1. The Morgan fingerprint density at radius 1 is 1.06 bits per heavy atom. The van der Waals surface area contributed by atoms with Crippen LogP contribution < -0.4 is 5.32 Å². The number of rotatable bonds is 8. The second-order valence-corrected chi connectivity index (χ2v) is 4.35. The summed E-state index contributed by atoms with van der Waals surface area (Å²) in [6.45, 7) is 2.54. The Hall–Kier alpha value is -1.64. The first-order valence-corrected chi connectivity index (χ1v) is 6.59. The van der Waals surface area contributed by atoms with Crippen LogP contribution in [0.15, 0.2) is 30.3 Å². The molecule has 0 spiro atoms. The van der Waals surface area contributed by atoms with Gasteiger partial charge in [0, 0.05) is 24.9 Å². The van der Waals surface area contributed by atoms with Gasteiger partial charge in [-0.2, -0.15) is 0 Å². The predicted octanol–water partition coefficient (Wildman–Crippen LogP) is 2.96. The molecule has 0 radical (unpaired) electrons. The Balaban J connectivity index is 2.18. The Morgan fingerprint density at radius 2 is 1.78 bits per heavy atom. The fourth-order valence-corrected chi connectivity index (χ4v) is 1.71. The Morgan fingerprint density at radius 3 is 2.44 bits per heavy atom. The van der Waals surface area contributed by atoms with Crippen LogP contribution in [-0.4, -0.2) is 18.2 Å². The maximum atomic E-state index is 11.7. The Labute approximate surface area is 109 Å². The van der Waals surface area contributed by atoms with Crippen molar-refractivity contribution in [3.8, 4) is 0 Å². The van der Waals surface area contributed by atoms with Gasteiger partial charge in [0.25, 0.3) is 0 Å². The molecule has 0 aliphatic carbocycles. The topological polar surface area (TPSA) is 46.2 Å². The van der Waals surface area contributed by atoms with Gasteiger partial charge in [-0.25, -0.2) is 0 Å². The van der Waals surface area contributed by atoms with Gasteiger partial charge in [0.05, 0.1) is 0 Å². The molecule has 0 bridgehead atoms. The fraction of sp³-hybridized carbons (Fsp3) is 0.467. The molecule has 1 aromatic rings. The van der Waals surface area contributed by atoms with Crippen molar-refractivity contribution < 1.29 is 9.59 Å². The number of carbonyl (C=O) groups excluding carboxylic acids is 2. The largest absolute Gasteiger partial charge is 0.356 e. The number of nitrogens with one attached hydrogen (secondary N) is 1. The monoisotopic (exact) mass is 247 g/mol. The van der Waals surface area contributed by atoms with E-state index in [4.69, 9.17) is 0 Å². The van der Waals surface area contributed by atoms with E-state index in [1.165, 1.54) is 0 Å². The van der Waals surface area contributed by atoms with E-state index in [1.807, 2.05) is 18.2 Å². The van der Waals surface area contributed by atoms with Crippen molar-refractivity contribution in [3.05, 3.63) is 35.9 Å². The minimum Gasteiger partial charge on any atom is -0.356 e. The van der Waals surface area contributed by atoms with Crippen LogP contribution in [0.5, 0.6) is 0 Å². The van der Waals surface area contributed by atoms with Crippen LogP contribution in [-0.2, 0) is 4.79 Å². The van der Waals surface area contributed by atoms with E-state index in [9.17, 15) is 9.59 Å². The van der Waals surface area contributed by atoms with E-state index in [1.54, 1.807) is 12.1 Å². The molecule has 0 aliphatic rings. The summed E-state index contributed by atoms with van der Waals surface area (Å²) in [6, 6.07) is 9.16. The van der Waals surface area contributed by atoms with Crippen molar-refractivity contribution in [2.75, 3.05) is 6.54 Å². The molecule has 1 amide bonds. The first-order chi connectivity index (χ1) is 8.74. The van der Waals surface area contributed by atoms with Crippen molar-refractivity contribution >= 4 is 11.7 Å². The minimum atomic E-state index is 0.0457. The van der Waals surface area contributed by atoms with Crippen LogP contribution in [0.1, 0.15) is 49.4 Å². The van der Waals surface area contributed by atoms with E-state index in [-0.39, 0.29) is 11.7 Å². The number of unbranched alkanes of at least 4 members (excludes halogenated alkanes) is 2. The average Bonchev–Trinajstić information content (AvgIpc) is 2.40. The lowest BCUT2D eigenvalue weighted by atomic mass is 10.1. The van der Waals surface area contributed by atoms with Gasteiger partial charge in [0.1, 0.15) is 0 Å². The summed E-state index contributed by atoms with van der Waals surface area (Å²) in [4.78, 5) is 23.1. The summed E-state index contributed by atoms with van der Waals surface area (Å²) in [5.74, 6) is 0.119. The summed E-state index contributed by atoms with van der Waals surface area (Å²) >= 11 is 0. The third-order valence-electron chi connectivity index (χ3n) is 2.78. The summed E-state index contributed by atoms with van der Waals surface area (Å²) in [5, 5.41) is 2.78. The fourth-order valence-electron chi connectivity index (χ4n) is 1.71. The lowest BCUT2D eigenvalue weighted by molar-refractivity contribution is -0.121. The number of hydrogen-bond acceptors (Lipinski definition) is 2. The van der Waals surface area contributed by atoms with E-state index in [0.717, 1.165) is 19.3 Å². The van der Waals surface area contributed by atoms with Gasteiger partial charge < -0.3 is 5.32 Å². The lowest BCUT2D eigenvalue weighted by Gasteiger charge is -2.04. The van der Waals surface area contributed by atoms with Crippen LogP contribution in [0, 0.1) is 0 Å². The van der Waals surface area contributed by atoms with Crippen molar-refractivity contribution in [2.45, 2.75) is 39.0 Å². The minimum absolute atomic E-state index is 0.0457. The molecule has 98 valence electrons. The molecule has 0 saturated heterocycles. The number of Topliss-reactive ketones (excluding diaryl/α,β-unsaturated/α-hetero) is 1. The average molecular weight is 247 g/mol. The maximum Gasteiger partial charge on any atom is 0.220 e. The predicted molar refractivity (Wildman–Crippen MR) is 72.5 cm³/mol. The van der Waals surface area contributed by atoms with Gasteiger partial charge in [-0.3, -0.25) is 9.59 Å². The van der Waals surface area contributed by atoms with Crippen molar-refractivity contribution in [1.82, 2.24) is 5.32 Å². The van der Waals surface area contributed by atoms with Gasteiger partial charge in [-0.1, -0.05) is 50.1 Å². The molecule has 0 unspecified atom stereocenters. The first kappa shape index (κ1) is 14.4. The molecule has 0 aromatic heterocycles. The maximum absolute atomic E-state index is 11.7. The van der Waals surface area contributed by atoms with Gasteiger partial charge in [-0.05, 0) is 6.42 Å². The zero-order valence-electron chi connectivity index (χ0n) is 10.9. The second kappa shape index (κ2) is 8.45. The van der Waals surface area contributed by atoms with Gasteiger partial charge in [-0.15, -0.1) is 0 Å². The van der Waals surface area contributed by atoms with Crippen LogP contribution in [0.3, 0.4) is 0 Å². The molecule has 0 fully saturated rings. The molecular formula is C15H21NO2. The normalized spacial score (nSPS) is 10.1. The highest BCUT2D eigenvalue weighted by Crippen LogP contribution is 2.02. The molecule has 0 aliphatic heterocycles. The zero-order valence-corrected chi connectivity index (χ0v) is 10.9. The van der Waals surface area contributed by atoms with E-state index < -0.39 is 0 Å². The number of ketones is 1. The van der Waals surface area contributed by atoms with Gasteiger partial charge >= 0.3 is 0 Å². The van der Waals surface area contributed by atoms with Crippen molar-refractivity contribution in [2.24, 2.45) is 0 Å². The first-order valence-electron chi connectivity index (χ1n) is 6.59.